The van der Waals surface area contributed by atoms with Gasteiger partial charge in [0.15, 0.2) is 16.0 Å². The maximum Gasteiger partial charge on any atom is 1.00 e. The Morgan fingerprint density at radius 3 is 2.73 bits per heavy atom. The van der Waals surface area contributed by atoms with E-state index in [0.717, 1.165) is 32.7 Å². The minimum atomic E-state index is -1.57. The van der Waals surface area contributed by atoms with Gasteiger partial charge in [0.05, 0.1) is 17.5 Å². The van der Waals surface area contributed by atoms with E-state index in [1.165, 1.54) is 31.3 Å². The summed E-state index contributed by atoms with van der Waals surface area (Å²) in [7, 11) is 2.66. The van der Waals surface area contributed by atoms with Crippen LogP contribution in [0.15, 0.2) is 31.8 Å². The Morgan fingerprint density at radius 2 is 2.11 bits per heavy atom. The Bertz CT molecular complexity index is 1380. The first-order valence-corrected chi connectivity index (χ1v) is 12.8. The van der Waals surface area contributed by atoms with Gasteiger partial charge in [0.2, 0.25) is 0 Å². The SMILES string of the molecule is CO/N=C(/C(=O)N[C@@H]1C(=O)N2C(C(=O)[O-])=C(CSc3nc(=O)c([O-])nn3C)CS[C@H]12)c1csc(N)n1.[Na+]. The second-order valence-electron chi connectivity index (χ2n) is 7.21. The molecule has 19 heteroatoms. The van der Waals surface area contributed by atoms with E-state index in [0.29, 0.717) is 5.57 Å². The molecule has 2 aromatic rings. The minimum Gasteiger partial charge on any atom is -0.854 e. The molecule has 2 amide bonds. The van der Waals surface area contributed by atoms with Crippen LogP contribution in [0.5, 0.6) is 5.88 Å². The zero-order valence-electron chi connectivity index (χ0n) is 19.5. The Labute approximate surface area is 242 Å². The first-order chi connectivity index (χ1) is 17.1. The number of nitrogens with two attached hydrogens (primary N) is 1. The molecule has 190 valence electrons. The van der Waals surface area contributed by atoms with Gasteiger partial charge in [0.1, 0.15) is 24.2 Å². The summed E-state index contributed by atoms with van der Waals surface area (Å²) < 4.78 is 1.11. The van der Waals surface area contributed by atoms with E-state index in [9.17, 15) is 29.4 Å². The second kappa shape index (κ2) is 11.8. The molecule has 15 nitrogen and oxygen atoms in total. The average molecular weight is 576 g/mol. The molecule has 0 aromatic carbocycles. The number of nitrogen functional groups attached to an aromatic ring is 1. The molecule has 0 bridgehead atoms. The Balaban J connectivity index is 0.00000380. The number of carboxylic acid groups (broad SMARTS) is 1. The van der Waals surface area contributed by atoms with Crippen LogP contribution in [0.1, 0.15) is 5.69 Å². The topological polar surface area (TPSA) is 221 Å². The van der Waals surface area contributed by atoms with Gasteiger partial charge in [-0.25, -0.2) is 9.67 Å². The molecule has 0 saturated carbocycles. The number of rotatable bonds is 8. The number of amides is 2. The summed E-state index contributed by atoms with van der Waals surface area (Å²) in [6.07, 6.45) is 0. The molecule has 37 heavy (non-hydrogen) atoms. The molecule has 3 N–H and O–H groups in total. The van der Waals surface area contributed by atoms with Crippen LogP contribution in [0.25, 0.3) is 0 Å². The van der Waals surface area contributed by atoms with E-state index in [4.69, 9.17) is 10.6 Å². The number of carbonyl (C=O) groups excluding carboxylic acids is 3. The van der Waals surface area contributed by atoms with Crippen molar-refractivity contribution in [3.63, 3.8) is 0 Å². The zero-order valence-corrected chi connectivity index (χ0v) is 23.9. The largest absolute Gasteiger partial charge is 1.00 e. The number of aliphatic carboxylic acids is 1. The van der Waals surface area contributed by atoms with E-state index in [1.54, 1.807) is 0 Å². The number of anilines is 1. The number of hydrogen-bond acceptors (Lipinski definition) is 15. The third-order valence-electron chi connectivity index (χ3n) is 4.96. The molecule has 4 heterocycles. The van der Waals surface area contributed by atoms with Crippen molar-refractivity contribution in [2.24, 2.45) is 12.2 Å². The fraction of sp³-hybridized carbons (Fsp3) is 0.333. The number of aryl methyl sites for hydroxylation is 1. The predicted octanol–water partition coefficient (Wildman–Crippen LogP) is -6.16. The molecule has 4 rings (SSSR count). The van der Waals surface area contributed by atoms with Crippen LogP contribution in [-0.4, -0.2) is 78.2 Å². The number of β-lactam (4-membered cyclic amide) rings is 1. The Hall–Kier alpha value is -2.64. The molecule has 2 atom stereocenters. The summed E-state index contributed by atoms with van der Waals surface area (Å²) >= 11 is 3.31. The van der Waals surface area contributed by atoms with E-state index >= 15 is 0 Å². The van der Waals surface area contributed by atoms with Crippen LogP contribution < -0.4 is 56.4 Å². The van der Waals surface area contributed by atoms with Gasteiger partial charge < -0.3 is 30.9 Å². The quantitative estimate of drug-likeness (QED) is 0.0985. The number of hydrogen-bond donors (Lipinski definition) is 2. The molecule has 2 aliphatic rings. The van der Waals surface area contributed by atoms with Crippen molar-refractivity contribution >= 4 is 63.5 Å². The summed E-state index contributed by atoms with van der Waals surface area (Å²) in [6.45, 7) is 0. The van der Waals surface area contributed by atoms with Gasteiger partial charge in [-0.15, -0.1) is 23.1 Å². The number of aromatic nitrogens is 4. The van der Waals surface area contributed by atoms with Crippen molar-refractivity contribution in [3.8, 4) is 5.88 Å². The van der Waals surface area contributed by atoms with Crippen molar-refractivity contribution in [2.75, 3.05) is 24.3 Å². The van der Waals surface area contributed by atoms with Gasteiger partial charge in [-0.05, 0) is 5.57 Å². The van der Waals surface area contributed by atoms with Crippen LogP contribution >= 0.6 is 34.9 Å². The molecule has 2 aliphatic heterocycles. The molecule has 0 aliphatic carbocycles. The summed E-state index contributed by atoms with van der Waals surface area (Å²) in [5.74, 6) is -3.74. The summed E-state index contributed by atoms with van der Waals surface area (Å²) in [6, 6.07) is -1.03. The third kappa shape index (κ3) is 5.78. The van der Waals surface area contributed by atoms with Gasteiger partial charge in [0.25, 0.3) is 17.4 Å². The van der Waals surface area contributed by atoms with Crippen LogP contribution in [0.3, 0.4) is 0 Å². The number of nitrogens with zero attached hydrogens (tertiary/aromatic N) is 6. The number of oxime groups is 1. The maximum absolute atomic E-state index is 12.9. The number of thioether (sulfide) groups is 2. The van der Waals surface area contributed by atoms with Crippen molar-refractivity contribution in [1.29, 1.82) is 0 Å². The molecular formula is C18H16N8NaO7S3-. The molecule has 0 spiro atoms. The van der Waals surface area contributed by atoms with Gasteiger partial charge in [0, 0.05) is 23.9 Å². The molecule has 2 aromatic heterocycles. The average Bonchev–Trinajstić information content (AvgIpc) is 3.27. The van der Waals surface area contributed by atoms with Crippen molar-refractivity contribution < 1.29 is 59.0 Å². The van der Waals surface area contributed by atoms with E-state index < -0.39 is 40.6 Å². The number of fused-ring (bicyclic) bond motifs is 1. The second-order valence-corrected chi connectivity index (χ2v) is 10.1. The monoisotopic (exact) mass is 575 g/mol. The van der Waals surface area contributed by atoms with Gasteiger partial charge in [-0.1, -0.05) is 16.9 Å². The number of thiazole rings is 1. The van der Waals surface area contributed by atoms with Crippen LogP contribution in [0, 0.1) is 0 Å². The normalized spacial score (nSPS) is 19.0. The van der Waals surface area contributed by atoms with Gasteiger partial charge in [-0.3, -0.25) is 19.3 Å². The van der Waals surface area contributed by atoms with Crippen molar-refractivity contribution in [2.45, 2.75) is 16.6 Å². The standard InChI is InChI=1S/C18H18N8O7S3.Na/c1-25-18(22-12(28)13(29)23-25)36-4-6-3-34-15-9(14(30)26(15)10(6)16(31)32)21-11(27)8(24-33-2)7-5-35-17(19)20-7;/h5,9,15H,3-4H2,1-2H3,(H2,19,20)(H,21,27)(H,23,29)(H,31,32);/q;+1/p-2/b24-8+;/t9-,15-;/m1./s1. The molecular weight excluding hydrogens is 559 g/mol. The summed E-state index contributed by atoms with van der Waals surface area (Å²) in [5, 5.41) is 34.1. The summed E-state index contributed by atoms with van der Waals surface area (Å²) in [5.41, 5.74) is 4.57. The van der Waals surface area contributed by atoms with Crippen molar-refractivity contribution in [3.05, 3.63) is 32.7 Å². The van der Waals surface area contributed by atoms with Crippen LogP contribution in [0.4, 0.5) is 5.13 Å². The van der Waals surface area contributed by atoms with Gasteiger partial charge >= 0.3 is 29.6 Å². The van der Waals surface area contributed by atoms with Crippen LogP contribution in [0.2, 0.25) is 0 Å². The maximum atomic E-state index is 12.9. The fourth-order valence-corrected chi connectivity index (χ4v) is 6.33. The van der Waals surface area contributed by atoms with Gasteiger partial charge in [-0.2, -0.15) is 10.1 Å². The first-order valence-electron chi connectivity index (χ1n) is 9.89. The zero-order chi connectivity index (χ0) is 26.1. The molecule has 1 saturated heterocycles. The number of carboxylic acids is 1. The van der Waals surface area contributed by atoms with E-state index in [2.05, 4.69) is 25.5 Å². The van der Waals surface area contributed by atoms with E-state index in [-0.39, 0.29) is 68.5 Å². The van der Waals surface area contributed by atoms with Crippen LogP contribution in [-0.2, 0) is 26.3 Å². The smallest absolute Gasteiger partial charge is 0.854 e. The molecule has 0 unspecified atom stereocenters. The number of nitrogens with one attached hydrogen (secondary N) is 1. The Kier molecular flexibility index (Phi) is 9.24. The molecule has 1 fully saturated rings. The Morgan fingerprint density at radius 1 is 1.38 bits per heavy atom. The fourth-order valence-electron chi connectivity index (χ4n) is 3.39. The van der Waals surface area contributed by atoms with Crippen molar-refractivity contribution in [1.82, 2.24) is 30.0 Å². The third-order valence-corrected chi connectivity index (χ3v) is 8.08. The summed E-state index contributed by atoms with van der Waals surface area (Å²) in [4.78, 5) is 62.5. The minimum absolute atomic E-state index is 0. The first kappa shape index (κ1) is 28.9. The predicted molar refractivity (Wildman–Crippen MR) is 125 cm³/mol. The number of carbonyl (C=O) groups is 3. The molecule has 0 radical (unpaired) electrons. The van der Waals surface area contributed by atoms with E-state index in [1.807, 2.05) is 0 Å².